The zero-order valence-electron chi connectivity index (χ0n) is 21.4. The highest BCUT2D eigenvalue weighted by molar-refractivity contribution is 5.80. The number of nitrogens with one attached hydrogen (secondary N) is 1. The van der Waals surface area contributed by atoms with E-state index in [2.05, 4.69) is 79.2 Å². The van der Waals surface area contributed by atoms with E-state index in [1.165, 1.54) is 29.5 Å². The largest absolute Gasteiger partial charge is 0.356 e. The van der Waals surface area contributed by atoms with Crippen LogP contribution in [0.1, 0.15) is 64.5 Å². The van der Waals surface area contributed by atoms with Crippen LogP contribution in [0.5, 0.6) is 0 Å². The van der Waals surface area contributed by atoms with E-state index in [1.807, 2.05) is 0 Å². The van der Waals surface area contributed by atoms with Gasteiger partial charge in [0.2, 0.25) is 5.91 Å². The second-order valence-electron chi connectivity index (χ2n) is 11.8. The maximum atomic E-state index is 11.8. The van der Waals surface area contributed by atoms with Crippen molar-refractivity contribution in [3.05, 3.63) is 47.5 Å². The molecule has 1 N–H and O–H groups in total. The molecule has 5 rings (SSSR count). The van der Waals surface area contributed by atoms with E-state index in [0.29, 0.717) is 0 Å². The molecular weight excluding hydrogens is 420 g/mol. The Morgan fingerprint density at radius 3 is 2.41 bits per heavy atom. The van der Waals surface area contributed by atoms with Crippen molar-refractivity contribution < 1.29 is 4.79 Å². The molecule has 3 heterocycles. The number of amides is 1. The number of hydrogen-bond donors (Lipinski definition) is 1. The number of anilines is 1. The van der Waals surface area contributed by atoms with Crippen molar-refractivity contribution >= 4 is 11.7 Å². The van der Waals surface area contributed by atoms with E-state index in [0.717, 1.165) is 63.6 Å². The highest BCUT2D eigenvalue weighted by Crippen LogP contribution is 2.46. The van der Waals surface area contributed by atoms with Crippen LogP contribution in [0.25, 0.3) is 11.3 Å². The van der Waals surface area contributed by atoms with Crippen LogP contribution in [0.4, 0.5) is 5.82 Å². The Balaban J connectivity index is 1.27. The summed E-state index contributed by atoms with van der Waals surface area (Å²) >= 11 is 0. The van der Waals surface area contributed by atoms with Gasteiger partial charge in [-0.15, -0.1) is 0 Å². The molecule has 2 aliphatic heterocycles. The molecule has 0 spiro atoms. The number of nitrogens with zero attached hydrogens (tertiary/aromatic N) is 3. The molecular formula is C29H40N4O. The molecule has 0 radical (unpaired) electrons. The number of aromatic nitrogens is 1. The number of fused-ring (bicyclic) bond motifs is 1. The van der Waals surface area contributed by atoms with Gasteiger partial charge in [0, 0.05) is 44.2 Å². The SMILES string of the molecule is CC1(C)CCC(C)(C)c2cc(-c3cccc(N4CCN(CCC5CCNC5=O)CC4)n3)ccc21. The number of piperazine rings is 1. The van der Waals surface area contributed by atoms with E-state index < -0.39 is 0 Å². The maximum absolute atomic E-state index is 11.8. The summed E-state index contributed by atoms with van der Waals surface area (Å²) in [6.45, 7) is 15.4. The predicted molar refractivity (Wildman–Crippen MR) is 139 cm³/mol. The summed E-state index contributed by atoms with van der Waals surface area (Å²) in [5.74, 6) is 1.53. The van der Waals surface area contributed by atoms with Crippen LogP contribution in [0.3, 0.4) is 0 Å². The Morgan fingerprint density at radius 2 is 1.71 bits per heavy atom. The molecule has 1 unspecified atom stereocenters. The van der Waals surface area contributed by atoms with E-state index in [-0.39, 0.29) is 22.7 Å². The van der Waals surface area contributed by atoms with Gasteiger partial charge in [0.1, 0.15) is 5.82 Å². The number of carbonyl (C=O) groups is 1. The lowest BCUT2D eigenvalue weighted by atomic mass is 9.63. The van der Waals surface area contributed by atoms with Crippen molar-refractivity contribution in [1.29, 1.82) is 0 Å². The lowest BCUT2D eigenvalue weighted by Crippen LogP contribution is -2.47. The third-order valence-electron chi connectivity index (χ3n) is 8.54. The highest BCUT2D eigenvalue weighted by atomic mass is 16.2. The van der Waals surface area contributed by atoms with Gasteiger partial charge >= 0.3 is 0 Å². The van der Waals surface area contributed by atoms with Gasteiger partial charge in [0.05, 0.1) is 5.69 Å². The first-order valence-corrected chi connectivity index (χ1v) is 13.1. The molecule has 0 bridgehead atoms. The van der Waals surface area contributed by atoms with Gasteiger partial charge in [-0.3, -0.25) is 9.69 Å². The molecule has 182 valence electrons. The minimum absolute atomic E-state index is 0.202. The van der Waals surface area contributed by atoms with Crippen LogP contribution >= 0.6 is 0 Å². The Labute approximate surface area is 204 Å². The normalized spacial score (nSPS) is 24.1. The van der Waals surface area contributed by atoms with E-state index in [4.69, 9.17) is 4.98 Å². The van der Waals surface area contributed by atoms with E-state index in [1.54, 1.807) is 0 Å². The molecule has 2 saturated heterocycles. The average molecular weight is 461 g/mol. The Kier molecular flexibility index (Phi) is 6.18. The quantitative estimate of drug-likeness (QED) is 0.700. The lowest BCUT2D eigenvalue weighted by Gasteiger charge is -2.42. The van der Waals surface area contributed by atoms with Crippen molar-refractivity contribution in [3.63, 3.8) is 0 Å². The summed E-state index contributed by atoms with van der Waals surface area (Å²) in [6, 6.07) is 13.5. The molecule has 1 aromatic carbocycles. The van der Waals surface area contributed by atoms with Crippen molar-refractivity contribution in [2.75, 3.05) is 44.2 Å². The smallest absolute Gasteiger partial charge is 0.223 e. The zero-order chi connectivity index (χ0) is 23.9. The van der Waals surface area contributed by atoms with Gasteiger partial charge in [-0.25, -0.2) is 4.98 Å². The molecule has 5 heteroatoms. The van der Waals surface area contributed by atoms with Gasteiger partial charge in [-0.1, -0.05) is 45.9 Å². The zero-order valence-corrected chi connectivity index (χ0v) is 21.4. The van der Waals surface area contributed by atoms with Crippen LogP contribution < -0.4 is 10.2 Å². The van der Waals surface area contributed by atoms with Gasteiger partial charge in [-0.2, -0.15) is 0 Å². The fourth-order valence-electron chi connectivity index (χ4n) is 5.97. The van der Waals surface area contributed by atoms with Crippen molar-refractivity contribution in [3.8, 4) is 11.3 Å². The first-order chi connectivity index (χ1) is 16.2. The summed E-state index contributed by atoms with van der Waals surface area (Å²) in [7, 11) is 0. The molecule has 3 aliphatic rings. The first-order valence-electron chi connectivity index (χ1n) is 13.1. The van der Waals surface area contributed by atoms with E-state index in [9.17, 15) is 4.79 Å². The van der Waals surface area contributed by atoms with Crippen LogP contribution in [0.2, 0.25) is 0 Å². The van der Waals surface area contributed by atoms with Crippen molar-refractivity contribution in [1.82, 2.24) is 15.2 Å². The van der Waals surface area contributed by atoms with Gasteiger partial charge < -0.3 is 10.2 Å². The average Bonchev–Trinajstić information content (AvgIpc) is 3.25. The molecule has 1 amide bonds. The Morgan fingerprint density at radius 1 is 0.971 bits per heavy atom. The third-order valence-corrected chi connectivity index (χ3v) is 8.54. The molecule has 1 aromatic heterocycles. The summed E-state index contributed by atoms with van der Waals surface area (Å²) in [5.41, 5.74) is 5.70. The molecule has 34 heavy (non-hydrogen) atoms. The number of rotatable bonds is 5. The van der Waals surface area contributed by atoms with Crippen LogP contribution in [0, 0.1) is 5.92 Å². The molecule has 1 aliphatic carbocycles. The van der Waals surface area contributed by atoms with Crippen molar-refractivity contribution in [2.45, 2.75) is 64.2 Å². The maximum Gasteiger partial charge on any atom is 0.223 e. The fraction of sp³-hybridized carbons (Fsp3) is 0.586. The number of hydrogen-bond acceptors (Lipinski definition) is 4. The summed E-state index contributed by atoms with van der Waals surface area (Å²) in [4.78, 5) is 21.8. The monoisotopic (exact) mass is 460 g/mol. The minimum atomic E-state index is 0.202. The molecule has 0 saturated carbocycles. The summed E-state index contributed by atoms with van der Waals surface area (Å²) < 4.78 is 0. The Hall–Kier alpha value is -2.40. The van der Waals surface area contributed by atoms with Crippen molar-refractivity contribution in [2.24, 2.45) is 5.92 Å². The van der Waals surface area contributed by atoms with Gasteiger partial charge in [0.25, 0.3) is 0 Å². The molecule has 5 nitrogen and oxygen atoms in total. The highest BCUT2D eigenvalue weighted by Gasteiger charge is 2.37. The summed E-state index contributed by atoms with van der Waals surface area (Å²) in [6.07, 6.45) is 4.43. The van der Waals surface area contributed by atoms with Crippen LogP contribution in [-0.2, 0) is 15.6 Å². The second-order valence-corrected chi connectivity index (χ2v) is 11.8. The standard InChI is InChI=1S/C29H40N4O/c1-28(2)12-13-29(3,4)24-20-22(8-9-23(24)28)25-6-5-7-26(31-25)33-18-16-32(17-19-33)15-11-21-10-14-30-27(21)34/h5-9,20-21H,10-19H2,1-4H3,(H,30,34). The van der Waals surface area contributed by atoms with E-state index >= 15 is 0 Å². The van der Waals surface area contributed by atoms with Gasteiger partial charge in [0.15, 0.2) is 0 Å². The Bertz CT molecular complexity index is 1050. The predicted octanol–water partition coefficient (Wildman–Crippen LogP) is 4.75. The first kappa shape index (κ1) is 23.3. The van der Waals surface area contributed by atoms with Gasteiger partial charge in [-0.05, 0) is 72.4 Å². The minimum Gasteiger partial charge on any atom is -0.356 e. The fourth-order valence-corrected chi connectivity index (χ4v) is 5.97. The number of pyridine rings is 1. The number of carbonyl (C=O) groups excluding carboxylic acids is 1. The topological polar surface area (TPSA) is 48.5 Å². The summed E-state index contributed by atoms with van der Waals surface area (Å²) in [5, 5.41) is 2.96. The lowest BCUT2D eigenvalue weighted by molar-refractivity contribution is -0.122. The molecule has 2 aromatic rings. The van der Waals surface area contributed by atoms with Crippen LogP contribution in [-0.4, -0.2) is 55.1 Å². The third kappa shape index (κ3) is 4.59. The van der Waals surface area contributed by atoms with Crippen LogP contribution in [0.15, 0.2) is 36.4 Å². The molecule has 1 atom stereocenters. The molecule has 2 fully saturated rings. The number of benzene rings is 1. The second kappa shape index (κ2) is 8.99.